The first-order chi connectivity index (χ1) is 15.1. The lowest BCUT2D eigenvalue weighted by Crippen LogP contribution is -2.36. The van der Waals surface area contributed by atoms with Crippen LogP contribution in [0, 0.1) is 11.3 Å². The summed E-state index contributed by atoms with van der Waals surface area (Å²) in [4.78, 5) is 14.8. The van der Waals surface area contributed by atoms with E-state index in [0.717, 1.165) is 18.8 Å². The third kappa shape index (κ3) is 5.87. The van der Waals surface area contributed by atoms with Crippen molar-refractivity contribution in [1.82, 2.24) is 0 Å². The Bertz CT molecular complexity index is 987. The van der Waals surface area contributed by atoms with Gasteiger partial charge in [0.05, 0.1) is 20.3 Å². The summed E-state index contributed by atoms with van der Waals surface area (Å²) < 4.78 is 16.2. The Hall–Kier alpha value is -3.76. The topological polar surface area (TPSA) is 83.8 Å². The van der Waals surface area contributed by atoms with E-state index in [1.54, 1.807) is 24.3 Å². The minimum atomic E-state index is -0.479. The molecule has 1 N–H and O–H groups in total. The number of nitrogens with zero attached hydrogens (tertiary/aromatic N) is 2. The molecule has 0 aliphatic carbocycles. The van der Waals surface area contributed by atoms with Crippen LogP contribution in [-0.2, 0) is 9.53 Å². The average molecular weight is 419 g/mol. The lowest BCUT2D eigenvalue weighted by atomic mass is 10.1. The lowest BCUT2D eigenvalue weighted by molar-refractivity contribution is -0.112. The predicted octanol–water partition coefficient (Wildman–Crippen LogP) is 3.64. The van der Waals surface area contributed by atoms with Crippen LogP contribution in [0.1, 0.15) is 5.56 Å². The standard InChI is InChI=1S/C24H25N3O4/c1-3-12-31-22-9-4-18(16-23(22)29-2)15-19(17-25)24(28)26-20-5-7-21(8-6-20)27-10-13-30-14-11-27/h3-9,15-16H,1,10-14H2,2H3,(H,26,28)/b19-15+. The number of methoxy groups -OCH3 is 1. The quantitative estimate of drug-likeness (QED) is 0.400. The molecule has 2 aromatic carbocycles. The molecule has 0 spiro atoms. The van der Waals surface area contributed by atoms with Crippen molar-refractivity contribution in [2.75, 3.05) is 50.2 Å². The number of carbonyl (C=O) groups excluding carboxylic acids is 1. The number of nitrogens with one attached hydrogen (secondary N) is 1. The van der Waals surface area contributed by atoms with Gasteiger partial charge in [-0.1, -0.05) is 18.7 Å². The molecular formula is C24H25N3O4. The molecule has 1 saturated heterocycles. The summed E-state index contributed by atoms with van der Waals surface area (Å²) in [5, 5.41) is 12.3. The van der Waals surface area contributed by atoms with Crippen molar-refractivity contribution < 1.29 is 19.0 Å². The molecule has 0 bridgehead atoms. The number of amides is 1. The smallest absolute Gasteiger partial charge is 0.266 e. The van der Waals surface area contributed by atoms with Crippen LogP contribution in [0.25, 0.3) is 6.08 Å². The van der Waals surface area contributed by atoms with E-state index in [1.165, 1.54) is 13.2 Å². The van der Waals surface area contributed by atoms with Gasteiger partial charge in [0.2, 0.25) is 0 Å². The second-order valence-electron chi connectivity index (χ2n) is 6.78. The number of benzene rings is 2. The number of hydrogen-bond acceptors (Lipinski definition) is 6. The van der Waals surface area contributed by atoms with E-state index in [4.69, 9.17) is 14.2 Å². The summed E-state index contributed by atoms with van der Waals surface area (Å²) in [5.74, 6) is 0.586. The highest BCUT2D eigenvalue weighted by molar-refractivity contribution is 6.09. The van der Waals surface area contributed by atoms with Gasteiger partial charge in [0.1, 0.15) is 18.2 Å². The first-order valence-corrected chi connectivity index (χ1v) is 9.92. The molecule has 7 nitrogen and oxygen atoms in total. The number of nitriles is 1. The third-order valence-electron chi connectivity index (χ3n) is 4.72. The zero-order chi connectivity index (χ0) is 22.1. The van der Waals surface area contributed by atoms with Gasteiger partial charge in [-0.05, 0) is 48.0 Å². The van der Waals surface area contributed by atoms with Crippen LogP contribution >= 0.6 is 0 Å². The first-order valence-electron chi connectivity index (χ1n) is 9.92. The maximum absolute atomic E-state index is 12.6. The van der Waals surface area contributed by atoms with Crippen LogP contribution in [0.15, 0.2) is 60.7 Å². The number of rotatable bonds is 8. The van der Waals surface area contributed by atoms with Gasteiger partial charge in [0.25, 0.3) is 5.91 Å². The number of ether oxygens (including phenoxy) is 3. The fourth-order valence-electron chi connectivity index (χ4n) is 3.13. The van der Waals surface area contributed by atoms with E-state index < -0.39 is 5.91 Å². The Labute approximate surface area is 182 Å². The molecule has 0 unspecified atom stereocenters. The number of hydrogen-bond donors (Lipinski definition) is 1. The van der Waals surface area contributed by atoms with Crippen LogP contribution in [0.2, 0.25) is 0 Å². The molecule has 1 aliphatic rings. The molecule has 0 saturated carbocycles. The molecule has 31 heavy (non-hydrogen) atoms. The zero-order valence-electron chi connectivity index (χ0n) is 17.5. The molecule has 1 heterocycles. The van der Waals surface area contributed by atoms with Crippen molar-refractivity contribution in [3.05, 3.63) is 66.3 Å². The highest BCUT2D eigenvalue weighted by Gasteiger charge is 2.13. The van der Waals surface area contributed by atoms with Gasteiger partial charge in [-0.15, -0.1) is 0 Å². The second kappa shape index (κ2) is 10.9. The summed E-state index contributed by atoms with van der Waals surface area (Å²) in [6, 6.07) is 14.7. The van der Waals surface area contributed by atoms with Gasteiger partial charge in [-0.3, -0.25) is 4.79 Å². The summed E-state index contributed by atoms with van der Waals surface area (Å²) in [6.07, 6.45) is 3.15. The van der Waals surface area contributed by atoms with Crippen LogP contribution < -0.4 is 19.7 Å². The van der Waals surface area contributed by atoms with Gasteiger partial charge < -0.3 is 24.4 Å². The summed E-state index contributed by atoms with van der Waals surface area (Å²) in [6.45, 7) is 7.07. The molecule has 0 atom stereocenters. The molecule has 1 fully saturated rings. The van der Waals surface area contributed by atoms with Gasteiger partial charge in [-0.25, -0.2) is 0 Å². The van der Waals surface area contributed by atoms with E-state index in [9.17, 15) is 10.1 Å². The van der Waals surface area contributed by atoms with Crippen molar-refractivity contribution >= 4 is 23.4 Å². The fourth-order valence-corrected chi connectivity index (χ4v) is 3.13. The van der Waals surface area contributed by atoms with Gasteiger partial charge in [0, 0.05) is 24.5 Å². The summed E-state index contributed by atoms with van der Waals surface area (Å²) >= 11 is 0. The Balaban J connectivity index is 1.70. The average Bonchev–Trinajstić information content (AvgIpc) is 2.82. The molecule has 160 valence electrons. The monoisotopic (exact) mass is 419 g/mol. The number of anilines is 2. The second-order valence-corrected chi connectivity index (χ2v) is 6.78. The van der Waals surface area contributed by atoms with E-state index in [0.29, 0.717) is 42.6 Å². The van der Waals surface area contributed by atoms with Crippen LogP contribution in [0.5, 0.6) is 11.5 Å². The Kier molecular flexibility index (Phi) is 7.68. The van der Waals surface area contributed by atoms with Crippen molar-refractivity contribution in [3.63, 3.8) is 0 Å². The molecule has 3 rings (SSSR count). The fraction of sp³-hybridized carbons (Fsp3) is 0.250. The number of carbonyl (C=O) groups is 1. The molecule has 0 aromatic heterocycles. The Morgan fingerprint density at radius 3 is 2.61 bits per heavy atom. The van der Waals surface area contributed by atoms with Gasteiger partial charge >= 0.3 is 0 Å². The van der Waals surface area contributed by atoms with Gasteiger partial charge in [0.15, 0.2) is 11.5 Å². The molecule has 1 aliphatic heterocycles. The molecule has 2 aromatic rings. The highest BCUT2D eigenvalue weighted by atomic mass is 16.5. The van der Waals surface area contributed by atoms with Crippen molar-refractivity contribution in [2.45, 2.75) is 0 Å². The minimum absolute atomic E-state index is 0.0148. The van der Waals surface area contributed by atoms with Crippen molar-refractivity contribution in [2.24, 2.45) is 0 Å². The first kappa shape index (κ1) is 21.9. The van der Waals surface area contributed by atoms with Crippen molar-refractivity contribution in [1.29, 1.82) is 5.26 Å². The SMILES string of the molecule is C=CCOc1ccc(/C=C(\C#N)C(=O)Nc2ccc(N3CCOCC3)cc2)cc1OC. The van der Waals surface area contributed by atoms with E-state index in [1.807, 2.05) is 30.3 Å². The predicted molar refractivity (Wildman–Crippen MR) is 120 cm³/mol. The van der Waals surface area contributed by atoms with Crippen LogP contribution in [0.3, 0.4) is 0 Å². The normalized spacial score (nSPS) is 13.8. The van der Waals surface area contributed by atoms with Gasteiger partial charge in [-0.2, -0.15) is 5.26 Å². The summed E-state index contributed by atoms with van der Waals surface area (Å²) in [5.41, 5.74) is 2.33. The largest absolute Gasteiger partial charge is 0.493 e. The lowest BCUT2D eigenvalue weighted by Gasteiger charge is -2.28. The highest BCUT2D eigenvalue weighted by Crippen LogP contribution is 2.29. The Morgan fingerprint density at radius 1 is 1.23 bits per heavy atom. The minimum Gasteiger partial charge on any atom is -0.493 e. The van der Waals surface area contributed by atoms with Crippen molar-refractivity contribution in [3.8, 4) is 17.6 Å². The number of morpholine rings is 1. The maximum Gasteiger partial charge on any atom is 0.266 e. The Morgan fingerprint density at radius 2 is 1.97 bits per heavy atom. The third-order valence-corrected chi connectivity index (χ3v) is 4.72. The zero-order valence-corrected chi connectivity index (χ0v) is 17.5. The molecular weight excluding hydrogens is 394 g/mol. The van der Waals surface area contributed by atoms with E-state index in [-0.39, 0.29) is 5.57 Å². The molecule has 1 amide bonds. The van der Waals surface area contributed by atoms with E-state index in [2.05, 4.69) is 16.8 Å². The maximum atomic E-state index is 12.6. The van der Waals surface area contributed by atoms with E-state index >= 15 is 0 Å². The van der Waals surface area contributed by atoms with Crippen LogP contribution in [0.4, 0.5) is 11.4 Å². The van der Waals surface area contributed by atoms with Crippen LogP contribution in [-0.4, -0.2) is 45.9 Å². The molecule has 7 heteroatoms. The summed E-state index contributed by atoms with van der Waals surface area (Å²) in [7, 11) is 1.53. The molecule has 0 radical (unpaired) electrons.